The van der Waals surface area contributed by atoms with Gasteiger partial charge in [-0.25, -0.2) is 0 Å². The molecule has 0 unspecified atom stereocenters. The van der Waals surface area contributed by atoms with Crippen LogP contribution in [-0.2, 0) is 10.2 Å². The van der Waals surface area contributed by atoms with Gasteiger partial charge < -0.3 is 9.64 Å². The molecular weight excluding hydrogens is 238 g/mol. The zero-order chi connectivity index (χ0) is 13.9. The van der Waals surface area contributed by atoms with E-state index in [9.17, 15) is 4.79 Å². The maximum Gasteiger partial charge on any atom is 0.233 e. The van der Waals surface area contributed by atoms with Crippen molar-refractivity contribution >= 4 is 5.91 Å². The number of rotatable bonds is 5. The van der Waals surface area contributed by atoms with Crippen molar-refractivity contribution in [3.05, 3.63) is 29.8 Å². The number of ether oxygens (including phenoxy) is 1. The maximum absolute atomic E-state index is 12.8. The van der Waals surface area contributed by atoms with Crippen molar-refractivity contribution in [3.63, 3.8) is 0 Å². The van der Waals surface area contributed by atoms with Crippen molar-refractivity contribution in [2.75, 3.05) is 20.2 Å². The molecule has 0 saturated heterocycles. The van der Waals surface area contributed by atoms with E-state index in [-0.39, 0.29) is 11.3 Å². The van der Waals surface area contributed by atoms with E-state index < -0.39 is 0 Å². The molecule has 3 nitrogen and oxygen atoms in total. The van der Waals surface area contributed by atoms with Crippen LogP contribution in [0.4, 0.5) is 0 Å². The first-order valence-electron chi connectivity index (χ1n) is 7.12. The van der Waals surface area contributed by atoms with Crippen molar-refractivity contribution in [2.24, 2.45) is 0 Å². The monoisotopic (exact) mass is 261 g/mol. The molecule has 1 aromatic rings. The topological polar surface area (TPSA) is 29.5 Å². The molecule has 19 heavy (non-hydrogen) atoms. The molecule has 0 atom stereocenters. The first-order chi connectivity index (χ1) is 9.17. The predicted octanol–water partition coefficient (Wildman–Crippen LogP) is 2.99. The molecule has 0 heterocycles. The molecule has 0 aliphatic heterocycles. The highest BCUT2D eigenvalue weighted by Gasteiger charge is 2.47. The lowest BCUT2D eigenvalue weighted by Crippen LogP contribution is -2.50. The molecule has 1 saturated carbocycles. The minimum absolute atomic E-state index is 0.279. The molecule has 1 aromatic carbocycles. The second kappa shape index (κ2) is 5.64. The summed E-state index contributed by atoms with van der Waals surface area (Å²) in [6, 6.07) is 7.98. The number of carbonyl (C=O) groups excluding carboxylic acids is 1. The van der Waals surface area contributed by atoms with Gasteiger partial charge in [0.2, 0.25) is 5.91 Å². The number of likely N-dealkylation sites (N-methyl/N-ethyl adjacent to an activating group) is 1. The standard InChI is InChI=1S/C16H23NO2/c1-4-17(5-2)15(18)16(11-6-12-16)13-7-9-14(19-3)10-8-13/h7-10H,4-6,11-12H2,1-3H3. The number of amides is 1. The summed E-state index contributed by atoms with van der Waals surface area (Å²) in [6.07, 6.45) is 3.07. The number of methoxy groups -OCH3 is 1. The summed E-state index contributed by atoms with van der Waals surface area (Å²) < 4.78 is 5.19. The number of hydrogen-bond donors (Lipinski definition) is 0. The third-order valence-corrected chi connectivity index (χ3v) is 4.31. The number of nitrogens with zero attached hydrogens (tertiary/aromatic N) is 1. The van der Waals surface area contributed by atoms with Crippen LogP contribution < -0.4 is 4.74 Å². The second-order valence-electron chi connectivity index (χ2n) is 5.14. The minimum atomic E-state index is -0.279. The lowest BCUT2D eigenvalue weighted by Gasteiger charge is -2.43. The van der Waals surface area contributed by atoms with Gasteiger partial charge in [-0.2, -0.15) is 0 Å². The van der Waals surface area contributed by atoms with E-state index in [1.54, 1.807) is 7.11 Å². The quantitative estimate of drug-likeness (QED) is 0.815. The molecule has 0 bridgehead atoms. The first-order valence-corrected chi connectivity index (χ1v) is 7.12. The summed E-state index contributed by atoms with van der Waals surface area (Å²) in [5.74, 6) is 1.13. The van der Waals surface area contributed by atoms with Crippen LogP contribution in [-0.4, -0.2) is 31.0 Å². The van der Waals surface area contributed by atoms with E-state index in [2.05, 4.69) is 0 Å². The zero-order valence-electron chi connectivity index (χ0n) is 12.1. The van der Waals surface area contributed by atoms with Gasteiger partial charge in [0, 0.05) is 13.1 Å². The van der Waals surface area contributed by atoms with Crippen molar-refractivity contribution in [1.29, 1.82) is 0 Å². The lowest BCUT2D eigenvalue weighted by atomic mass is 9.63. The maximum atomic E-state index is 12.8. The van der Waals surface area contributed by atoms with Gasteiger partial charge >= 0.3 is 0 Å². The first kappa shape index (κ1) is 13.9. The van der Waals surface area contributed by atoms with E-state index >= 15 is 0 Å². The van der Waals surface area contributed by atoms with Crippen molar-refractivity contribution in [1.82, 2.24) is 4.90 Å². The van der Waals surface area contributed by atoms with E-state index in [0.717, 1.165) is 43.7 Å². The van der Waals surface area contributed by atoms with E-state index in [1.807, 2.05) is 43.0 Å². The molecule has 3 heteroatoms. The Hall–Kier alpha value is -1.51. The molecule has 0 radical (unpaired) electrons. The highest BCUT2D eigenvalue weighted by atomic mass is 16.5. The van der Waals surface area contributed by atoms with Crippen molar-refractivity contribution < 1.29 is 9.53 Å². The van der Waals surface area contributed by atoms with Gasteiger partial charge in [0.25, 0.3) is 0 Å². The van der Waals surface area contributed by atoms with Crippen LogP contribution in [0.2, 0.25) is 0 Å². The van der Waals surface area contributed by atoms with E-state index in [4.69, 9.17) is 4.74 Å². The Kier molecular flexibility index (Phi) is 4.13. The Labute approximate surface area is 115 Å². The number of carbonyl (C=O) groups is 1. The molecule has 1 aliphatic rings. The molecular formula is C16H23NO2. The lowest BCUT2D eigenvalue weighted by molar-refractivity contribution is -0.140. The Morgan fingerprint density at radius 1 is 1.21 bits per heavy atom. The normalized spacial score (nSPS) is 16.6. The molecule has 0 spiro atoms. The summed E-state index contributed by atoms with van der Waals surface area (Å²) in [5.41, 5.74) is 0.856. The van der Waals surface area contributed by atoms with Gasteiger partial charge in [0.15, 0.2) is 0 Å². The van der Waals surface area contributed by atoms with Crippen LogP contribution in [0.5, 0.6) is 5.75 Å². The number of hydrogen-bond acceptors (Lipinski definition) is 2. The Bertz CT molecular complexity index is 431. The molecule has 0 aromatic heterocycles. The fraction of sp³-hybridized carbons (Fsp3) is 0.562. The SMILES string of the molecule is CCN(CC)C(=O)C1(c2ccc(OC)cc2)CCC1. The van der Waals surface area contributed by atoms with Crippen LogP contribution in [0.1, 0.15) is 38.7 Å². The molecule has 2 rings (SSSR count). The van der Waals surface area contributed by atoms with Crippen molar-refractivity contribution in [2.45, 2.75) is 38.5 Å². The molecule has 1 amide bonds. The summed E-state index contributed by atoms with van der Waals surface area (Å²) in [4.78, 5) is 14.7. The highest BCUT2D eigenvalue weighted by Crippen LogP contribution is 2.45. The molecule has 1 fully saturated rings. The van der Waals surface area contributed by atoms with Gasteiger partial charge in [-0.15, -0.1) is 0 Å². The van der Waals surface area contributed by atoms with Gasteiger partial charge in [-0.1, -0.05) is 18.6 Å². The highest BCUT2D eigenvalue weighted by molar-refractivity contribution is 5.89. The third kappa shape index (κ3) is 2.34. The average Bonchev–Trinajstić information content (AvgIpc) is 2.40. The second-order valence-corrected chi connectivity index (χ2v) is 5.14. The minimum Gasteiger partial charge on any atom is -0.497 e. The van der Waals surface area contributed by atoms with Crippen LogP contribution in [0.15, 0.2) is 24.3 Å². The molecule has 1 aliphatic carbocycles. The average molecular weight is 261 g/mol. The Morgan fingerprint density at radius 2 is 1.79 bits per heavy atom. The summed E-state index contributed by atoms with van der Waals surface area (Å²) in [7, 11) is 1.66. The van der Waals surface area contributed by atoms with E-state index in [0.29, 0.717) is 0 Å². The van der Waals surface area contributed by atoms with Gasteiger partial charge in [0.05, 0.1) is 12.5 Å². The third-order valence-electron chi connectivity index (χ3n) is 4.31. The summed E-state index contributed by atoms with van der Waals surface area (Å²) in [6.45, 7) is 5.66. The van der Waals surface area contributed by atoms with Crippen LogP contribution >= 0.6 is 0 Å². The van der Waals surface area contributed by atoms with Crippen LogP contribution in [0, 0.1) is 0 Å². The fourth-order valence-corrected chi connectivity index (χ4v) is 2.88. The van der Waals surface area contributed by atoms with E-state index in [1.165, 1.54) is 0 Å². The Morgan fingerprint density at radius 3 is 2.16 bits per heavy atom. The largest absolute Gasteiger partial charge is 0.497 e. The van der Waals surface area contributed by atoms with Crippen LogP contribution in [0.25, 0.3) is 0 Å². The smallest absolute Gasteiger partial charge is 0.233 e. The zero-order valence-corrected chi connectivity index (χ0v) is 12.1. The van der Waals surface area contributed by atoms with Crippen molar-refractivity contribution in [3.8, 4) is 5.75 Å². The molecule has 0 N–H and O–H groups in total. The molecule has 104 valence electrons. The summed E-state index contributed by atoms with van der Waals surface area (Å²) in [5, 5.41) is 0. The van der Waals surface area contributed by atoms with Gasteiger partial charge in [-0.05, 0) is 44.4 Å². The Balaban J connectivity index is 2.28. The van der Waals surface area contributed by atoms with Crippen LogP contribution in [0.3, 0.4) is 0 Å². The summed E-state index contributed by atoms with van der Waals surface area (Å²) >= 11 is 0. The number of benzene rings is 1. The predicted molar refractivity (Wildman–Crippen MR) is 76.5 cm³/mol. The van der Waals surface area contributed by atoms with Gasteiger partial charge in [-0.3, -0.25) is 4.79 Å². The fourth-order valence-electron chi connectivity index (χ4n) is 2.88. The van der Waals surface area contributed by atoms with Gasteiger partial charge in [0.1, 0.15) is 5.75 Å².